The Kier molecular flexibility index (Phi) is 3.35. The average Bonchev–Trinajstić information content (AvgIpc) is 2.01. The second kappa shape index (κ2) is 4.32. The van der Waals surface area contributed by atoms with Crippen LogP contribution in [0.4, 0.5) is 0 Å². The number of rotatable bonds is 3. The number of carbonyl (C=O) groups excluding carboxylic acids is 1. The molecule has 14 heavy (non-hydrogen) atoms. The first-order valence-electron chi connectivity index (χ1n) is 3.63. The normalized spacial score (nSPS) is 9.64. The summed E-state index contributed by atoms with van der Waals surface area (Å²) in [4.78, 5) is 10.8. The molecule has 1 aromatic carbocycles. The molecule has 1 aromatic rings. The van der Waals surface area contributed by atoms with Crippen LogP contribution >= 0.6 is 11.6 Å². The van der Waals surface area contributed by atoms with Gasteiger partial charge in [-0.3, -0.25) is 4.79 Å². The molecule has 0 saturated carbocycles. The van der Waals surface area contributed by atoms with Gasteiger partial charge in [0, 0.05) is 0 Å². The number of nitrogens with two attached hydrogens (primary N) is 1. The molecular formula is C7H7BClNO4. The van der Waals surface area contributed by atoms with E-state index < -0.39 is 13.2 Å². The predicted octanol–water partition coefficient (Wildman–Crippen LogP) is -0.213. The lowest BCUT2D eigenvalue weighted by Crippen LogP contribution is -2.20. The molecule has 0 aromatic heterocycles. The number of amides is 1. The Balaban J connectivity index is 2.94. The van der Waals surface area contributed by atoms with E-state index in [0.717, 1.165) is 0 Å². The molecule has 0 unspecified atom stereocenters. The summed E-state index contributed by atoms with van der Waals surface area (Å²) < 4.78 is 4.50. The van der Waals surface area contributed by atoms with Gasteiger partial charge in [-0.15, -0.1) is 0 Å². The Morgan fingerprint density at radius 1 is 1.50 bits per heavy atom. The van der Waals surface area contributed by atoms with E-state index in [1.54, 1.807) is 0 Å². The van der Waals surface area contributed by atoms with Gasteiger partial charge in [0.15, 0.2) is 0 Å². The summed E-state index contributed by atoms with van der Waals surface area (Å²) in [5.74, 6) is -0.527. The molecule has 0 aliphatic heterocycles. The molecule has 0 bridgehead atoms. The van der Waals surface area contributed by atoms with E-state index in [0.29, 0.717) is 0 Å². The number of primary amides is 1. The molecule has 0 spiro atoms. The van der Waals surface area contributed by atoms with Crippen molar-refractivity contribution in [3.63, 3.8) is 0 Å². The van der Waals surface area contributed by atoms with E-state index >= 15 is 0 Å². The fourth-order valence-corrected chi connectivity index (χ4v) is 1.15. The quantitative estimate of drug-likeness (QED) is 0.608. The van der Waals surface area contributed by atoms with Gasteiger partial charge in [0.05, 0.1) is 10.6 Å². The third-order valence-electron chi connectivity index (χ3n) is 1.45. The van der Waals surface area contributed by atoms with Crippen molar-refractivity contribution in [2.24, 2.45) is 5.73 Å². The molecule has 0 heterocycles. The maximum atomic E-state index is 10.8. The molecule has 0 saturated heterocycles. The standard InChI is InChI=1S/C7H7BClNO4/c9-6-3-4(14-8(12)13)1-2-5(6)7(10)11/h1-3,12-13H,(H2,10,11). The molecule has 0 aliphatic carbocycles. The van der Waals surface area contributed by atoms with Crippen LogP contribution in [0.15, 0.2) is 18.2 Å². The van der Waals surface area contributed by atoms with Gasteiger partial charge in [-0.2, -0.15) is 0 Å². The Hall–Kier alpha value is -1.24. The van der Waals surface area contributed by atoms with Crippen molar-refractivity contribution in [2.45, 2.75) is 0 Å². The highest BCUT2D eigenvalue weighted by atomic mass is 35.5. The lowest BCUT2D eigenvalue weighted by atomic mass is 10.2. The number of halogens is 1. The molecule has 1 rings (SSSR count). The summed E-state index contributed by atoms with van der Waals surface area (Å²) in [6, 6.07) is 3.95. The van der Waals surface area contributed by atoms with Crippen molar-refractivity contribution in [1.29, 1.82) is 0 Å². The minimum Gasteiger partial charge on any atom is -0.512 e. The summed E-state index contributed by atoms with van der Waals surface area (Å²) in [5, 5.41) is 17.0. The number of hydrogen-bond donors (Lipinski definition) is 3. The molecule has 74 valence electrons. The van der Waals surface area contributed by atoms with E-state index in [1.807, 2.05) is 0 Å². The minimum atomic E-state index is -1.93. The van der Waals surface area contributed by atoms with E-state index in [2.05, 4.69) is 4.65 Å². The van der Waals surface area contributed by atoms with Crippen LogP contribution in [0.2, 0.25) is 5.02 Å². The smallest absolute Gasteiger partial charge is 0.512 e. The molecule has 0 fully saturated rings. The Bertz CT molecular complexity index is 358. The SMILES string of the molecule is NC(=O)c1ccc(OB(O)O)cc1Cl. The van der Waals surface area contributed by atoms with Crippen molar-refractivity contribution in [1.82, 2.24) is 0 Å². The molecule has 7 heteroatoms. The van der Waals surface area contributed by atoms with Gasteiger partial charge >= 0.3 is 7.32 Å². The van der Waals surface area contributed by atoms with Crippen LogP contribution in [0, 0.1) is 0 Å². The Morgan fingerprint density at radius 3 is 2.57 bits per heavy atom. The summed E-state index contributed by atoms with van der Waals surface area (Å²) >= 11 is 5.66. The van der Waals surface area contributed by atoms with Crippen LogP contribution in [-0.4, -0.2) is 23.3 Å². The van der Waals surface area contributed by atoms with Crippen LogP contribution in [0.25, 0.3) is 0 Å². The first-order valence-corrected chi connectivity index (χ1v) is 4.00. The van der Waals surface area contributed by atoms with Crippen molar-refractivity contribution in [2.75, 3.05) is 0 Å². The third kappa shape index (κ3) is 2.63. The van der Waals surface area contributed by atoms with Crippen LogP contribution in [0.5, 0.6) is 5.75 Å². The molecule has 5 nitrogen and oxygen atoms in total. The Labute approximate surface area is 85.2 Å². The highest BCUT2D eigenvalue weighted by Gasteiger charge is 2.13. The zero-order valence-corrected chi connectivity index (χ0v) is 7.73. The lowest BCUT2D eigenvalue weighted by molar-refractivity contribution is 0.100. The van der Waals surface area contributed by atoms with Gasteiger partial charge in [-0.25, -0.2) is 0 Å². The summed E-state index contributed by atoms with van der Waals surface area (Å²) in [6.07, 6.45) is 0. The van der Waals surface area contributed by atoms with E-state index in [1.165, 1.54) is 18.2 Å². The van der Waals surface area contributed by atoms with Crippen LogP contribution < -0.4 is 10.4 Å². The molecule has 0 radical (unpaired) electrons. The highest BCUT2D eigenvalue weighted by molar-refractivity contribution is 6.35. The monoisotopic (exact) mass is 215 g/mol. The lowest BCUT2D eigenvalue weighted by Gasteiger charge is -2.06. The fraction of sp³-hybridized carbons (Fsp3) is 0. The largest absolute Gasteiger partial charge is 0.707 e. The van der Waals surface area contributed by atoms with E-state index in [4.69, 9.17) is 27.4 Å². The average molecular weight is 215 g/mol. The number of hydrogen-bond acceptors (Lipinski definition) is 4. The van der Waals surface area contributed by atoms with Gasteiger partial charge < -0.3 is 20.4 Å². The maximum absolute atomic E-state index is 10.8. The first-order chi connectivity index (χ1) is 6.50. The maximum Gasteiger partial charge on any atom is 0.707 e. The van der Waals surface area contributed by atoms with Crippen molar-refractivity contribution >= 4 is 24.8 Å². The van der Waals surface area contributed by atoms with Gasteiger partial charge in [-0.1, -0.05) is 11.6 Å². The van der Waals surface area contributed by atoms with E-state index in [-0.39, 0.29) is 16.3 Å². The topological polar surface area (TPSA) is 92.8 Å². The summed E-state index contributed by atoms with van der Waals surface area (Å²) in [7, 11) is -1.93. The molecule has 4 N–H and O–H groups in total. The third-order valence-corrected chi connectivity index (χ3v) is 1.76. The van der Waals surface area contributed by atoms with Gasteiger partial charge in [0.2, 0.25) is 5.91 Å². The second-order valence-corrected chi connectivity index (χ2v) is 2.86. The number of carbonyl (C=O) groups is 1. The summed E-state index contributed by atoms with van der Waals surface area (Å²) in [5.41, 5.74) is 5.15. The van der Waals surface area contributed by atoms with E-state index in [9.17, 15) is 4.79 Å². The van der Waals surface area contributed by atoms with Gasteiger partial charge in [0.25, 0.3) is 0 Å². The fourth-order valence-electron chi connectivity index (χ4n) is 0.891. The minimum absolute atomic E-state index is 0.0932. The second-order valence-electron chi connectivity index (χ2n) is 2.45. The zero-order chi connectivity index (χ0) is 10.7. The molecule has 0 aliphatic rings. The number of benzene rings is 1. The van der Waals surface area contributed by atoms with Crippen molar-refractivity contribution in [3.05, 3.63) is 28.8 Å². The van der Waals surface area contributed by atoms with Gasteiger partial charge in [0.1, 0.15) is 5.75 Å². The molecule has 1 amide bonds. The highest BCUT2D eigenvalue weighted by Crippen LogP contribution is 2.22. The van der Waals surface area contributed by atoms with Crippen molar-refractivity contribution in [3.8, 4) is 5.75 Å². The zero-order valence-electron chi connectivity index (χ0n) is 6.98. The van der Waals surface area contributed by atoms with Crippen LogP contribution in [0.1, 0.15) is 10.4 Å². The molecule has 0 atom stereocenters. The van der Waals surface area contributed by atoms with Crippen LogP contribution in [-0.2, 0) is 0 Å². The molecular weight excluding hydrogens is 208 g/mol. The summed E-state index contributed by atoms with van der Waals surface area (Å²) in [6.45, 7) is 0. The van der Waals surface area contributed by atoms with Gasteiger partial charge in [-0.05, 0) is 18.2 Å². The van der Waals surface area contributed by atoms with Crippen molar-refractivity contribution < 1.29 is 19.5 Å². The predicted molar refractivity (Wildman–Crippen MR) is 50.8 cm³/mol. The van der Waals surface area contributed by atoms with Crippen LogP contribution in [0.3, 0.4) is 0 Å². The first kappa shape index (κ1) is 10.8. The Morgan fingerprint density at radius 2 is 2.14 bits per heavy atom.